The lowest BCUT2D eigenvalue weighted by Crippen LogP contribution is -2.14. The van der Waals surface area contributed by atoms with Crippen molar-refractivity contribution in [2.45, 2.75) is 0 Å². The Morgan fingerprint density at radius 3 is 2.78 bits per heavy atom. The summed E-state index contributed by atoms with van der Waals surface area (Å²) in [4.78, 5) is 22.2. The van der Waals surface area contributed by atoms with Gasteiger partial charge in [0.25, 0.3) is 5.91 Å². The largest absolute Gasteiger partial charge is 0.393 e. The molecule has 3 N–H and O–H groups in total. The van der Waals surface area contributed by atoms with Crippen LogP contribution in [-0.4, -0.2) is 10.8 Å². The fourth-order valence-corrected chi connectivity index (χ4v) is 2.07. The standard InChI is InChI=1S/C11H9N3O3S/c12-9-3-1-2-8(10(9)14(16)17)11(15)13-7-4-5-18-6-7/h1-6H,12H2,(H,13,15). The van der Waals surface area contributed by atoms with Gasteiger partial charge in [0.15, 0.2) is 0 Å². The summed E-state index contributed by atoms with van der Waals surface area (Å²) in [6, 6.07) is 5.97. The van der Waals surface area contributed by atoms with Crippen LogP contribution in [0.15, 0.2) is 35.0 Å². The Labute approximate surface area is 106 Å². The molecule has 0 atom stereocenters. The molecule has 18 heavy (non-hydrogen) atoms. The molecule has 6 nitrogen and oxygen atoms in total. The third-order valence-electron chi connectivity index (χ3n) is 2.27. The summed E-state index contributed by atoms with van der Waals surface area (Å²) in [5.41, 5.74) is 5.66. The van der Waals surface area contributed by atoms with Gasteiger partial charge in [-0.25, -0.2) is 0 Å². The number of nitrogens with zero attached hydrogens (tertiary/aromatic N) is 1. The molecular weight excluding hydrogens is 254 g/mol. The highest BCUT2D eigenvalue weighted by Crippen LogP contribution is 2.26. The number of nitrogen functional groups attached to an aromatic ring is 1. The minimum Gasteiger partial charge on any atom is -0.393 e. The van der Waals surface area contributed by atoms with Crippen molar-refractivity contribution in [3.05, 3.63) is 50.7 Å². The lowest BCUT2D eigenvalue weighted by atomic mass is 10.1. The summed E-state index contributed by atoms with van der Waals surface area (Å²) in [6.07, 6.45) is 0. The Morgan fingerprint density at radius 2 is 2.17 bits per heavy atom. The molecule has 92 valence electrons. The number of amides is 1. The van der Waals surface area contributed by atoms with E-state index in [2.05, 4.69) is 5.32 Å². The maximum absolute atomic E-state index is 11.9. The molecule has 1 heterocycles. The van der Waals surface area contributed by atoms with E-state index >= 15 is 0 Å². The first-order valence-electron chi connectivity index (χ1n) is 4.96. The SMILES string of the molecule is Nc1cccc(C(=O)Nc2ccsc2)c1[N+](=O)[O-]. The van der Waals surface area contributed by atoms with E-state index in [1.165, 1.54) is 29.5 Å². The summed E-state index contributed by atoms with van der Waals surface area (Å²) in [7, 11) is 0. The molecule has 0 fully saturated rings. The third-order valence-corrected chi connectivity index (χ3v) is 2.96. The first kappa shape index (κ1) is 12.1. The van der Waals surface area contributed by atoms with Gasteiger partial charge in [-0.05, 0) is 23.6 Å². The number of nitro groups is 1. The van der Waals surface area contributed by atoms with Crippen LogP contribution in [0, 0.1) is 10.1 Å². The van der Waals surface area contributed by atoms with E-state index in [1.807, 2.05) is 0 Å². The maximum Gasteiger partial charge on any atom is 0.304 e. The number of carbonyl (C=O) groups excluding carboxylic acids is 1. The minimum absolute atomic E-state index is 0.0297. The van der Waals surface area contributed by atoms with Gasteiger partial charge >= 0.3 is 5.69 Å². The van der Waals surface area contributed by atoms with Gasteiger partial charge in [-0.1, -0.05) is 6.07 Å². The maximum atomic E-state index is 11.9. The van der Waals surface area contributed by atoms with Crippen LogP contribution >= 0.6 is 11.3 Å². The van der Waals surface area contributed by atoms with Crippen molar-refractivity contribution < 1.29 is 9.72 Å². The number of nitrogens with one attached hydrogen (secondary N) is 1. The summed E-state index contributed by atoms with van der Waals surface area (Å²) in [5, 5.41) is 17.0. The second-order valence-electron chi connectivity index (χ2n) is 3.47. The number of hydrogen-bond donors (Lipinski definition) is 2. The molecule has 2 rings (SSSR count). The fraction of sp³-hybridized carbons (Fsp3) is 0. The van der Waals surface area contributed by atoms with Crippen LogP contribution in [0.4, 0.5) is 17.1 Å². The molecule has 1 aromatic heterocycles. The summed E-state index contributed by atoms with van der Waals surface area (Å²) in [6.45, 7) is 0. The van der Waals surface area contributed by atoms with Crippen LogP contribution in [-0.2, 0) is 0 Å². The molecule has 2 aromatic rings. The molecule has 0 aliphatic rings. The zero-order valence-electron chi connectivity index (χ0n) is 9.12. The number of nitrogens with two attached hydrogens (primary N) is 1. The number of nitro benzene ring substituents is 1. The molecule has 1 amide bonds. The second kappa shape index (κ2) is 4.84. The van der Waals surface area contributed by atoms with Crippen molar-refractivity contribution in [1.29, 1.82) is 0 Å². The quantitative estimate of drug-likeness (QED) is 0.505. The molecule has 7 heteroatoms. The lowest BCUT2D eigenvalue weighted by Gasteiger charge is -2.05. The van der Waals surface area contributed by atoms with Crippen LogP contribution in [0.3, 0.4) is 0 Å². The van der Waals surface area contributed by atoms with Crippen molar-refractivity contribution in [2.75, 3.05) is 11.1 Å². The monoisotopic (exact) mass is 263 g/mol. The second-order valence-corrected chi connectivity index (χ2v) is 4.25. The number of hydrogen-bond acceptors (Lipinski definition) is 5. The Bertz CT molecular complexity index is 596. The fourth-order valence-electron chi connectivity index (χ4n) is 1.48. The van der Waals surface area contributed by atoms with Gasteiger partial charge in [0.1, 0.15) is 11.3 Å². The zero-order valence-corrected chi connectivity index (χ0v) is 9.94. The molecule has 0 saturated carbocycles. The van der Waals surface area contributed by atoms with Gasteiger partial charge in [0.2, 0.25) is 0 Å². The molecule has 0 aliphatic carbocycles. The van der Waals surface area contributed by atoms with Crippen LogP contribution in [0.1, 0.15) is 10.4 Å². The lowest BCUT2D eigenvalue weighted by molar-refractivity contribution is -0.384. The van der Waals surface area contributed by atoms with E-state index in [0.717, 1.165) is 0 Å². The van der Waals surface area contributed by atoms with E-state index < -0.39 is 10.8 Å². The van der Waals surface area contributed by atoms with Crippen LogP contribution in [0.25, 0.3) is 0 Å². The third kappa shape index (κ3) is 2.30. The number of anilines is 2. The summed E-state index contributed by atoms with van der Waals surface area (Å²) >= 11 is 1.42. The molecule has 0 saturated heterocycles. The van der Waals surface area contributed by atoms with Gasteiger partial charge in [0.05, 0.1) is 10.6 Å². The van der Waals surface area contributed by atoms with Crippen LogP contribution in [0.5, 0.6) is 0 Å². The Balaban J connectivity index is 2.36. The first-order chi connectivity index (χ1) is 8.59. The molecule has 0 aliphatic heterocycles. The van der Waals surface area contributed by atoms with E-state index in [-0.39, 0.29) is 16.9 Å². The number of rotatable bonds is 3. The zero-order chi connectivity index (χ0) is 13.1. The summed E-state index contributed by atoms with van der Waals surface area (Å²) < 4.78 is 0. The molecule has 0 spiro atoms. The van der Waals surface area contributed by atoms with Gasteiger partial charge in [0, 0.05) is 5.38 Å². The Morgan fingerprint density at radius 1 is 1.39 bits per heavy atom. The number of carbonyl (C=O) groups is 1. The molecule has 0 bridgehead atoms. The predicted molar refractivity (Wildman–Crippen MR) is 69.8 cm³/mol. The summed E-state index contributed by atoms with van der Waals surface area (Å²) in [5.74, 6) is -0.549. The van der Waals surface area contributed by atoms with E-state index in [0.29, 0.717) is 5.69 Å². The molecular formula is C11H9N3O3S. The average Bonchev–Trinajstić information content (AvgIpc) is 2.80. The van der Waals surface area contributed by atoms with Gasteiger partial charge in [-0.15, -0.1) is 0 Å². The highest BCUT2D eigenvalue weighted by molar-refractivity contribution is 7.08. The van der Waals surface area contributed by atoms with E-state index in [9.17, 15) is 14.9 Å². The van der Waals surface area contributed by atoms with Gasteiger partial charge in [-0.2, -0.15) is 11.3 Å². The number of benzene rings is 1. The smallest absolute Gasteiger partial charge is 0.304 e. The van der Waals surface area contributed by atoms with Crippen LogP contribution < -0.4 is 11.1 Å². The normalized spacial score (nSPS) is 10.0. The van der Waals surface area contributed by atoms with Gasteiger partial charge in [-0.3, -0.25) is 14.9 Å². The Hall–Kier alpha value is -2.41. The highest BCUT2D eigenvalue weighted by Gasteiger charge is 2.23. The number of thiophene rings is 1. The minimum atomic E-state index is -0.655. The van der Waals surface area contributed by atoms with Crippen molar-refractivity contribution in [2.24, 2.45) is 0 Å². The molecule has 0 unspecified atom stereocenters. The highest BCUT2D eigenvalue weighted by atomic mass is 32.1. The average molecular weight is 263 g/mol. The Kier molecular flexibility index (Phi) is 3.24. The van der Waals surface area contributed by atoms with Crippen molar-refractivity contribution >= 4 is 34.3 Å². The van der Waals surface area contributed by atoms with Crippen molar-refractivity contribution in [3.63, 3.8) is 0 Å². The molecule has 0 radical (unpaired) electrons. The van der Waals surface area contributed by atoms with E-state index in [1.54, 1.807) is 16.8 Å². The van der Waals surface area contributed by atoms with E-state index in [4.69, 9.17) is 5.73 Å². The first-order valence-corrected chi connectivity index (χ1v) is 5.90. The van der Waals surface area contributed by atoms with Crippen molar-refractivity contribution in [1.82, 2.24) is 0 Å². The topological polar surface area (TPSA) is 98.3 Å². The van der Waals surface area contributed by atoms with Crippen molar-refractivity contribution in [3.8, 4) is 0 Å². The predicted octanol–water partition coefficient (Wildman–Crippen LogP) is 2.49. The molecule has 1 aromatic carbocycles. The van der Waals surface area contributed by atoms with Crippen LogP contribution in [0.2, 0.25) is 0 Å². The van der Waals surface area contributed by atoms with Gasteiger partial charge < -0.3 is 11.1 Å². The number of para-hydroxylation sites is 1.